The Kier molecular flexibility index (Phi) is 6.91. The minimum absolute atomic E-state index is 0.000906. The number of rotatable bonds is 7. The first-order valence-corrected chi connectivity index (χ1v) is 13.8. The molecule has 2 unspecified atom stereocenters. The fourth-order valence-corrected chi connectivity index (χ4v) is 5.96. The first kappa shape index (κ1) is 26.2. The van der Waals surface area contributed by atoms with Crippen molar-refractivity contribution in [3.8, 4) is 5.75 Å². The molecule has 3 aromatic carbocycles. The third-order valence-electron chi connectivity index (χ3n) is 6.46. The Bertz CT molecular complexity index is 1550. The molecule has 11 heteroatoms. The molecule has 0 bridgehead atoms. The number of aryl methyl sites for hydroxylation is 3. The SMILES string of the molecule is Cc1ccc(Cl)cc1S(=O)(=O)NNC(=O)COc1c(C)cc(C2=NN(C)C3OC3c3ccccc32)cc1C. The number of nitrogens with zero attached hydrogens (tertiary/aromatic N) is 2. The van der Waals surface area contributed by atoms with Gasteiger partial charge in [0.25, 0.3) is 15.9 Å². The number of hydrazine groups is 1. The summed E-state index contributed by atoms with van der Waals surface area (Å²) >= 11 is 5.93. The van der Waals surface area contributed by atoms with Gasteiger partial charge >= 0.3 is 0 Å². The molecular formula is C27H27ClN4O5S. The largest absolute Gasteiger partial charge is 0.483 e. The first-order chi connectivity index (χ1) is 18.0. The number of nitrogens with one attached hydrogen (secondary N) is 2. The zero-order valence-electron chi connectivity index (χ0n) is 21.3. The van der Waals surface area contributed by atoms with Crippen LogP contribution < -0.4 is 15.0 Å². The Hall–Kier alpha value is -3.44. The molecule has 3 aromatic rings. The number of likely N-dealkylation sites (N-methyl/N-ethyl adjacent to an activating group) is 1. The van der Waals surface area contributed by atoms with Crippen molar-refractivity contribution in [2.75, 3.05) is 13.7 Å². The lowest BCUT2D eigenvalue weighted by Crippen LogP contribution is -2.44. The van der Waals surface area contributed by atoms with Crippen molar-refractivity contribution in [2.24, 2.45) is 5.10 Å². The molecule has 2 aliphatic heterocycles. The fraction of sp³-hybridized carbons (Fsp3) is 0.259. The number of halogens is 1. The summed E-state index contributed by atoms with van der Waals surface area (Å²) in [7, 11) is -2.11. The summed E-state index contributed by atoms with van der Waals surface area (Å²) in [6.07, 6.45) is -0.0712. The minimum atomic E-state index is -4.01. The molecule has 1 fully saturated rings. The standard InChI is InChI=1S/C27H27ClN4O5S/c1-15-9-10-19(28)13-22(15)38(34,35)31-29-23(33)14-36-25-16(2)11-18(12-17(25)3)24-20-7-5-6-8-21(20)26-27(37-26)32(4)30-24/h5-13,26-27,31H,14H2,1-4H3,(H,29,33). The van der Waals surface area contributed by atoms with Crippen molar-refractivity contribution in [3.63, 3.8) is 0 Å². The van der Waals surface area contributed by atoms with Crippen molar-refractivity contribution in [3.05, 3.63) is 93.0 Å². The van der Waals surface area contributed by atoms with Crippen LogP contribution in [0, 0.1) is 20.8 Å². The topological polar surface area (TPSA) is 113 Å². The molecule has 0 radical (unpaired) electrons. The van der Waals surface area contributed by atoms with Crippen LogP contribution in [0.3, 0.4) is 0 Å². The number of epoxide rings is 1. The van der Waals surface area contributed by atoms with E-state index in [1.165, 1.54) is 6.07 Å². The van der Waals surface area contributed by atoms with E-state index in [1.54, 1.807) is 19.1 Å². The molecule has 38 heavy (non-hydrogen) atoms. The Morgan fingerprint density at radius 3 is 2.53 bits per heavy atom. The highest BCUT2D eigenvalue weighted by molar-refractivity contribution is 7.89. The summed E-state index contributed by atoms with van der Waals surface area (Å²) in [4.78, 5) is 14.5. The smallest absolute Gasteiger partial charge is 0.272 e. The summed E-state index contributed by atoms with van der Waals surface area (Å²) in [6.45, 7) is 5.04. The maximum atomic E-state index is 12.6. The molecule has 9 nitrogen and oxygen atoms in total. The van der Waals surface area contributed by atoms with Crippen LogP contribution in [-0.4, -0.2) is 44.9 Å². The van der Waals surface area contributed by atoms with Gasteiger partial charge in [0, 0.05) is 23.2 Å². The fourth-order valence-electron chi connectivity index (χ4n) is 4.59. The van der Waals surface area contributed by atoms with Crippen LogP contribution in [0.4, 0.5) is 0 Å². The number of carbonyl (C=O) groups excluding carboxylic acids is 1. The van der Waals surface area contributed by atoms with Gasteiger partial charge in [-0.1, -0.05) is 41.9 Å². The zero-order chi connectivity index (χ0) is 27.2. The predicted octanol–water partition coefficient (Wildman–Crippen LogP) is 3.75. The van der Waals surface area contributed by atoms with Crippen molar-refractivity contribution in [1.82, 2.24) is 15.3 Å². The molecule has 2 atom stereocenters. The van der Waals surface area contributed by atoms with Gasteiger partial charge < -0.3 is 9.47 Å². The zero-order valence-corrected chi connectivity index (χ0v) is 22.9. The molecule has 0 saturated carbocycles. The van der Waals surface area contributed by atoms with Crippen LogP contribution in [0.25, 0.3) is 0 Å². The summed E-state index contributed by atoms with van der Waals surface area (Å²) < 4.78 is 36.8. The number of hydrazone groups is 1. The molecule has 5 rings (SSSR count). The van der Waals surface area contributed by atoms with E-state index in [2.05, 4.69) is 16.3 Å². The molecule has 1 amide bonds. The first-order valence-electron chi connectivity index (χ1n) is 11.9. The van der Waals surface area contributed by atoms with Crippen LogP contribution in [0.15, 0.2) is 64.6 Å². The van der Waals surface area contributed by atoms with Gasteiger partial charge in [0.05, 0.1) is 10.6 Å². The van der Waals surface area contributed by atoms with Gasteiger partial charge in [-0.2, -0.15) is 5.10 Å². The van der Waals surface area contributed by atoms with Crippen molar-refractivity contribution in [1.29, 1.82) is 0 Å². The van der Waals surface area contributed by atoms with Gasteiger partial charge in [-0.05, 0) is 67.3 Å². The lowest BCUT2D eigenvalue weighted by atomic mass is 9.94. The maximum absolute atomic E-state index is 12.6. The number of hydrogen-bond donors (Lipinski definition) is 2. The van der Waals surface area contributed by atoms with Gasteiger partial charge in [-0.25, -0.2) is 8.42 Å². The second-order valence-corrected chi connectivity index (χ2v) is 11.4. The molecule has 2 N–H and O–H groups in total. The average Bonchev–Trinajstić information content (AvgIpc) is 3.68. The van der Waals surface area contributed by atoms with E-state index in [-0.39, 0.29) is 28.9 Å². The molecule has 198 valence electrons. The molecule has 1 saturated heterocycles. The molecule has 2 heterocycles. The lowest BCUT2D eigenvalue weighted by Gasteiger charge is -2.17. The van der Waals surface area contributed by atoms with E-state index in [4.69, 9.17) is 26.2 Å². The van der Waals surface area contributed by atoms with E-state index >= 15 is 0 Å². The molecule has 0 aromatic heterocycles. The van der Waals surface area contributed by atoms with Crippen molar-refractivity contribution < 1.29 is 22.7 Å². The second-order valence-electron chi connectivity index (χ2n) is 9.35. The molecule has 2 aliphatic rings. The Morgan fingerprint density at radius 1 is 1.08 bits per heavy atom. The van der Waals surface area contributed by atoms with Gasteiger partial charge in [0.15, 0.2) is 12.8 Å². The highest BCUT2D eigenvalue weighted by Gasteiger charge is 2.47. The number of sulfonamides is 1. The van der Waals surface area contributed by atoms with Gasteiger partial charge in [-0.15, -0.1) is 4.83 Å². The number of hydrogen-bond acceptors (Lipinski definition) is 7. The number of amides is 1. The Labute approximate surface area is 226 Å². The Morgan fingerprint density at radius 2 is 1.79 bits per heavy atom. The van der Waals surface area contributed by atoms with Crippen molar-refractivity contribution >= 4 is 33.2 Å². The van der Waals surface area contributed by atoms with Crippen LogP contribution in [0.1, 0.15) is 39.5 Å². The van der Waals surface area contributed by atoms with Crippen LogP contribution >= 0.6 is 11.6 Å². The normalized spacial score (nSPS) is 18.1. The van der Waals surface area contributed by atoms with E-state index in [0.29, 0.717) is 11.3 Å². The third-order valence-corrected chi connectivity index (χ3v) is 8.09. The van der Waals surface area contributed by atoms with Crippen LogP contribution in [-0.2, 0) is 19.6 Å². The third kappa shape index (κ3) is 5.12. The number of fused-ring (bicyclic) bond motifs is 3. The molecular weight excluding hydrogens is 528 g/mol. The van der Waals surface area contributed by atoms with Gasteiger partial charge in [0.2, 0.25) is 0 Å². The Balaban J connectivity index is 1.29. The summed E-state index contributed by atoms with van der Waals surface area (Å²) in [5.41, 5.74) is 8.18. The summed E-state index contributed by atoms with van der Waals surface area (Å²) in [5, 5.41) is 6.94. The number of ether oxygens (including phenoxy) is 2. The highest BCUT2D eigenvalue weighted by atomic mass is 35.5. The lowest BCUT2D eigenvalue weighted by molar-refractivity contribution is -0.123. The summed E-state index contributed by atoms with van der Waals surface area (Å²) in [6, 6.07) is 16.5. The average molecular weight is 555 g/mol. The minimum Gasteiger partial charge on any atom is -0.483 e. The van der Waals surface area contributed by atoms with Crippen LogP contribution in [0.2, 0.25) is 5.02 Å². The van der Waals surface area contributed by atoms with Crippen LogP contribution in [0.5, 0.6) is 5.75 Å². The number of carbonyl (C=O) groups is 1. The molecule has 0 aliphatic carbocycles. The second kappa shape index (κ2) is 10.0. The van der Waals surface area contributed by atoms with E-state index in [0.717, 1.165) is 33.5 Å². The monoisotopic (exact) mass is 554 g/mol. The predicted molar refractivity (Wildman–Crippen MR) is 144 cm³/mol. The quantitative estimate of drug-likeness (QED) is 0.340. The molecule has 0 spiro atoms. The van der Waals surface area contributed by atoms with E-state index in [9.17, 15) is 13.2 Å². The maximum Gasteiger partial charge on any atom is 0.272 e. The summed E-state index contributed by atoms with van der Waals surface area (Å²) in [5.74, 6) is -0.112. The highest BCUT2D eigenvalue weighted by Crippen LogP contribution is 2.44. The number of benzene rings is 3. The van der Waals surface area contributed by atoms with E-state index < -0.39 is 15.9 Å². The van der Waals surface area contributed by atoms with Crippen molar-refractivity contribution in [2.45, 2.75) is 38.0 Å². The van der Waals surface area contributed by atoms with E-state index in [1.807, 2.05) is 56.2 Å². The van der Waals surface area contributed by atoms with Gasteiger partial charge in [0.1, 0.15) is 11.9 Å². The van der Waals surface area contributed by atoms with Gasteiger partial charge in [-0.3, -0.25) is 15.2 Å².